The predicted octanol–water partition coefficient (Wildman–Crippen LogP) is 3.81. The van der Waals surface area contributed by atoms with Crippen molar-refractivity contribution in [3.63, 3.8) is 0 Å². The molecule has 1 atom stereocenters. The molecule has 0 spiro atoms. The van der Waals surface area contributed by atoms with E-state index < -0.39 is 5.92 Å². The van der Waals surface area contributed by atoms with E-state index in [0.29, 0.717) is 53.0 Å². The van der Waals surface area contributed by atoms with Gasteiger partial charge >= 0.3 is 0 Å². The number of hydrogen-bond acceptors (Lipinski definition) is 7. The van der Waals surface area contributed by atoms with Crippen LogP contribution in [0.25, 0.3) is 0 Å². The maximum atomic E-state index is 13.7. The van der Waals surface area contributed by atoms with E-state index in [0.717, 1.165) is 0 Å². The van der Waals surface area contributed by atoms with Crippen LogP contribution < -0.4 is 25.5 Å². The summed E-state index contributed by atoms with van der Waals surface area (Å²) in [5.41, 5.74) is 7.70. The Kier molecular flexibility index (Phi) is 6.13. The van der Waals surface area contributed by atoms with Crippen molar-refractivity contribution in [1.29, 1.82) is 5.26 Å². The molecular formula is C25H25N3O5. The van der Waals surface area contributed by atoms with Crippen LogP contribution in [0.5, 0.6) is 17.2 Å². The van der Waals surface area contributed by atoms with E-state index in [1.807, 2.05) is 26.8 Å². The normalized spacial score (nSPS) is 14.9. The molecule has 1 aliphatic heterocycles. The number of nitriles is 1. The molecule has 0 amide bonds. The van der Waals surface area contributed by atoms with Gasteiger partial charge in [-0.2, -0.15) is 5.26 Å². The average Bonchev–Trinajstić information content (AvgIpc) is 3.30. The quantitative estimate of drug-likeness (QED) is 0.586. The fraction of sp³-hybridized carbons (Fsp3) is 0.280. The third kappa shape index (κ3) is 4.05. The van der Waals surface area contributed by atoms with Gasteiger partial charge in [-0.25, -0.2) is 0 Å². The second-order valence-corrected chi connectivity index (χ2v) is 7.53. The van der Waals surface area contributed by atoms with Crippen LogP contribution in [0.4, 0.5) is 0 Å². The molecule has 2 aromatic heterocycles. The Morgan fingerprint density at radius 3 is 2.58 bits per heavy atom. The van der Waals surface area contributed by atoms with Gasteiger partial charge in [0.2, 0.25) is 5.88 Å². The lowest BCUT2D eigenvalue weighted by Gasteiger charge is -2.27. The molecule has 2 N–H and O–H groups in total. The summed E-state index contributed by atoms with van der Waals surface area (Å²) < 4.78 is 24.2. The number of nitrogens with two attached hydrogens (primary N) is 1. The van der Waals surface area contributed by atoms with Crippen LogP contribution in [-0.2, 0) is 6.54 Å². The fourth-order valence-corrected chi connectivity index (χ4v) is 4.02. The van der Waals surface area contributed by atoms with Crippen LogP contribution >= 0.6 is 0 Å². The van der Waals surface area contributed by atoms with E-state index in [1.165, 1.54) is 0 Å². The zero-order valence-corrected chi connectivity index (χ0v) is 18.8. The van der Waals surface area contributed by atoms with Crippen LogP contribution in [-0.4, -0.2) is 17.8 Å². The fourth-order valence-electron chi connectivity index (χ4n) is 4.02. The monoisotopic (exact) mass is 447 g/mol. The van der Waals surface area contributed by atoms with Crippen molar-refractivity contribution in [2.75, 3.05) is 13.2 Å². The molecule has 3 heterocycles. The van der Waals surface area contributed by atoms with Crippen molar-refractivity contribution in [2.24, 2.45) is 5.73 Å². The van der Waals surface area contributed by atoms with Gasteiger partial charge in [0.05, 0.1) is 37.5 Å². The van der Waals surface area contributed by atoms with E-state index in [1.54, 1.807) is 41.2 Å². The standard InChI is InChI=1S/C25H25N3O5/c1-4-30-19-9-8-16(12-20(19)31-5-2)22-18(13-26)24(27)33-21-11-15(3)28(25(29)23(21)22)14-17-7-6-10-32-17/h6-12,22H,4-5,14,27H2,1-3H3/t22-/m0/s1. The van der Waals surface area contributed by atoms with E-state index in [9.17, 15) is 10.1 Å². The first-order chi connectivity index (χ1) is 16.0. The first-order valence-corrected chi connectivity index (χ1v) is 10.7. The van der Waals surface area contributed by atoms with E-state index >= 15 is 0 Å². The molecule has 170 valence electrons. The summed E-state index contributed by atoms with van der Waals surface area (Å²) in [6, 6.07) is 12.8. The molecule has 1 aromatic carbocycles. The lowest BCUT2D eigenvalue weighted by Crippen LogP contribution is -2.33. The number of furan rings is 1. The maximum absolute atomic E-state index is 13.7. The average molecular weight is 447 g/mol. The van der Waals surface area contributed by atoms with Crippen molar-refractivity contribution in [2.45, 2.75) is 33.2 Å². The van der Waals surface area contributed by atoms with Crippen LogP contribution in [0.3, 0.4) is 0 Å². The predicted molar refractivity (Wildman–Crippen MR) is 121 cm³/mol. The summed E-state index contributed by atoms with van der Waals surface area (Å²) in [5.74, 6) is 1.35. The molecule has 0 bridgehead atoms. The summed E-state index contributed by atoms with van der Waals surface area (Å²) in [6.45, 7) is 6.75. The Hall–Kier alpha value is -4.12. The second-order valence-electron chi connectivity index (χ2n) is 7.53. The molecule has 33 heavy (non-hydrogen) atoms. The molecule has 0 fully saturated rings. The van der Waals surface area contributed by atoms with Gasteiger partial charge in [-0.05, 0) is 50.6 Å². The minimum Gasteiger partial charge on any atom is -0.490 e. The largest absolute Gasteiger partial charge is 0.490 e. The third-order valence-corrected chi connectivity index (χ3v) is 5.48. The highest BCUT2D eigenvalue weighted by atomic mass is 16.5. The van der Waals surface area contributed by atoms with Gasteiger partial charge in [-0.3, -0.25) is 4.79 Å². The maximum Gasteiger partial charge on any atom is 0.259 e. The number of hydrogen-bond donors (Lipinski definition) is 1. The topological polar surface area (TPSA) is 113 Å². The van der Waals surface area contributed by atoms with Gasteiger partial charge in [0.1, 0.15) is 23.2 Å². The number of nitrogens with zero attached hydrogens (tertiary/aromatic N) is 2. The molecule has 0 radical (unpaired) electrons. The second kappa shape index (κ2) is 9.17. The molecule has 8 nitrogen and oxygen atoms in total. The van der Waals surface area contributed by atoms with Crippen LogP contribution in [0.2, 0.25) is 0 Å². The van der Waals surface area contributed by atoms with E-state index in [2.05, 4.69) is 6.07 Å². The van der Waals surface area contributed by atoms with Gasteiger partial charge in [-0.15, -0.1) is 0 Å². The van der Waals surface area contributed by atoms with Crippen LogP contribution in [0.1, 0.15) is 42.3 Å². The number of aromatic nitrogens is 1. The Morgan fingerprint density at radius 1 is 1.15 bits per heavy atom. The van der Waals surface area contributed by atoms with Crippen molar-refractivity contribution in [3.05, 3.63) is 87.1 Å². The number of pyridine rings is 1. The minimum atomic E-state index is -0.718. The Balaban J connectivity index is 1.91. The number of benzene rings is 1. The summed E-state index contributed by atoms with van der Waals surface area (Å²) in [5, 5.41) is 9.90. The summed E-state index contributed by atoms with van der Waals surface area (Å²) in [4.78, 5) is 13.7. The molecular weight excluding hydrogens is 422 g/mol. The van der Waals surface area contributed by atoms with Gasteiger partial charge < -0.3 is 28.9 Å². The number of allylic oxidation sites excluding steroid dienone is 1. The number of ether oxygens (including phenoxy) is 3. The molecule has 0 aliphatic carbocycles. The SMILES string of the molecule is CCOc1ccc([C@H]2C(C#N)=C(N)Oc3cc(C)n(Cc4ccco4)c(=O)c32)cc1OCC. The zero-order valence-electron chi connectivity index (χ0n) is 18.8. The smallest absolute Gasteiger partial charge is 0.259 e. The third-order valence-electron chi connectivity index (χ3n) is 5.48. The number of rotatable bonds is 7. The van der Waals surface area contributed by atoms with Crippen molar-refractivity contribution < 1.29 is 18.6 Å². The molecule has 0 unspecified atom stereocenters. The summed E-state index contributed by atoms with van der Waals surface area (Å²) >= 11 is 0. The van der Waals surface area contributed by atoms with Crippen molar-refractivity contribution in [3.8, 4) is 23.3 Å². The minimum absolute atomic E-state index is 0.0237. The van der Waals surface area contributed by atoms with Gasteiger partial charge in [0, 0.05) is 11.8 Å². The zero-order chi connectivity index (χ0) is 23.5. The summed E-state index contributed by atoms with van der Waals surface area (Å²) in [6.07, 6.45) is 1.56. The van der Waals surface area contributed by atoms with E-state index in [4.69, 9.17) is 24.4 Å². The van der Waals surface area contributed by atoms with Gasteiger partial charge in [0.25, 0.3) is 5.56 Å². The highest BCUT2D eigenvalue weighted by molar-refractivity contribution is 5.57. The number of aryl methyl sites for hydroxylation is 1. The Bertz CT molecular complexity index is 1300. The van der Waals surface area contributed by atoms with Crippen LogP contribution in [0, 0.1) is 18.3 Å². The molecule has 3 aromatic rings. The lowest BCUT2D eigenvalue weighted by atomic mass is 9.84. The molecule has 4 rings (SSSR count). The van der Waals surface area contributed by atoms with Crippen molar-refractivity contribution in [1.82, 2.24) is 4.57 Å². The van der Waals surface area contributed by atoms with Crippen LogP contribution in [0.15, 0.2) is 63.3 Å². The number of fused-ring (bicyclic) bond motifs is 1. The lowest BCUT2D eigenvalue weighted by molar-refractivity contribution is 0.287. The highest BCUT2D eigenvalue weighted by Gasteiger charge is 2.35. The molecule has 1 aliphatic rings. The molecule has 8 heteroatoms. The molecule has 0 saturated carbocycles. The van der Waals surface area contributed by atoms with E-state index in [-0.39, 0.29) is 23.6 Å². The first-order valence-electron chi connectivity index (χ1n) is 10.7. The first kappa shape index (κ1) is 22.1. The Morgan fingerprint density at radius 2 is 1.91 bits per heavy atom. The highest BCUT2D eigenvalue weighted by Crippen LogP contribution is 2.42. The Labute approximate surface area is 191 Å². The van der Waals surface area contributed by atoms with Crippen molar-refractivity contribution >= 4 is 0 Å². The summed E-state index contributed by atoms with van der Waals surface area (Å²) in [7, 11) is 0. The van der Waals surface area contributed by atoms with Gasteiger partial charge in [0.15, 0.2) is 11.5 Å². The van der Waals surface area contributed by atoms with Gasteiger partial charge in [-0.1, -0.05) is 6.07 Å². The molecule has 0 saturated heterocycles.